The second kappa shape index (κ2) is 8.99. The quantitative estimate of drug-likeness (QED) is 0.787. The minimum absolute atomic E-state index is 0.140. The molecule has 0 aliphatic carbocycles. The summed E-state index contributed by atoms with van der Waals surface area (Å²) < 4.78 is 0. The van der Waals surface area contributed by atoms with Gasteiger partial charge in [0.05, 0.1) is 6.61 Å². The molecular formula is C19H32O2. The summed E-state index contributed by atoms with van der Waals surface area (Å²) in [6, 6.07) is 9.52. The first-order valence-electron chi connectivity index (χ1n) is 7.73. The second-order valence-electron chi connectivity index (χ2n) is 7.56. The fourth-order valence-electron chi connectivity index (χ4n) is 2.50. The highest BCUT2D eigenvalue weighted by atomic mass is 16.3. The van der Waals surface area contributed by atoms with E-state index >= 15 is 0 Å². The van der Waals surface area contributed by atoms with Gasteiger partial charge in [0, 0.05) is 6.42 Å². The Bertz CT molecular complexity index is 390. The van der Waals surface area contributed by atoms with Crippen molar-refractivity contribution in [3.05, 3.63) is 35.9 Å². The van der Waals surface area contributed by atoms with Gasteiger partial charge in [0.1, 0.15) is 6.29 Å². The van der Waals surface area contributed by atoms with E-state index in [1.54, 1.807) is 0 Å². The Morgan fingerprint density at radius 3 is 1.90 bits per heavy atom. The molecule has 0 spiro atoms. The first-order valence-corrected chi connectivity index (χ1v) is 7.73. The van der Waals surface area contributed by atoms with E-state index in [0.29, 0.717) is 17.8 Å². The normalized spacial score (nSPS) is 14.1. The van der Waals surface area contributed by atoms with E-state index < -0.39 is 0 Å². The van der Waals surface area contributed by atoms with Crippen molar-refractivity contribution < 1.29 is 9.90 Å². The molecule has 0 aliphatic heterocycles. The lowest BCUT2D eigenvalue weighted by atomic mass is 9.67. The van der Waals surface area contributed by atoms with Crippen LogP contribution in [0, 0.1) is 16.7 Å². The Balaban J connectivity index is 0.000000423. The molecule has 0 aromatic heterocycles. The molecule has 0 heterocycles. The number of carbonyl (C=O) groups is 1. The molecule has 0 amide bonds. The number of benzene rings is 1. The van der Waals surface area contributed by atoms with Crippen LogP contribution in [0.2, 0.25) is 0 Å². The van der Waals surface area contributed by atoms with Crippen molar-refractivity contribution in [3.63, 3.8) is 0 Å². The number of hydrogen-bond acceptors (Lipinski definition) is 2. The van der Waals surface area contributed by atoms with Crippen molar-refractivity contribution in [2.24, 2.45) is 16.7 Å². The van der Waals surface area contributed by atoms with Gasteiger partial charge in [0.2, 0.25) is 0 Å². The van der Waals surface area contributed by atoms with Crippen molar-refractivity contribution >= 4 is 6.29 Å². The summed E-state index contributed by atoms with van der Waals surface area (Å²) in [7, 11) is 0. The van der Waals surface area contributed by atoms with E-state index in [0.717, 1.165) is 18.3 Å². The molecule has 0 radical (unpaired) electrons. The van der Waals surface area contributed by atoms with Gasteiger partial charge >= 0.3 is 0 Å². The standard InChI is InChI=1S/C12H24O.C7H8O/c1-10(2)12(6,7-8-13)9-11(3,4)5;8-6-7-4-2-1-3-5-7/h8,10H,7,9H2,1-6H3;1-5,8H,6H2. The summed E-state index contributed by atoms with van der Waals surface area (Å²) in [5, 5.41) is 8.54. The van der Waals surface area contributed by atoms with Crippen molar-refractivity contribution in [1.82, 2.24) is 0 Å². The number of rotatable bonds is 5. The zero-order chi connectivity index (χ0) is 16.5. The van der Waals surface area contributed by atoms with E-state index in [4.69, 9.17) is 5.11 Å². The first kappa shape index (κ1) is 19.9. The molecule has 1 N–H and O–H groups in total. The van der Waals surface area contributed by atoms with Crippen LogP contribution in [-0.4, -0.2) is 11.4 Å². The van der Waals surface area contributed by atoms with Gasteiger partial charge in [0.15, 0.2) is 0 Å². The molecule has 0 fully saturated rings. The highest BCUT2D eigenvalue weighted by Gasteiger charge is 2.32. The third-order valence-corrected chi connectivity index (χ3v) is 3.90. The SMILES string of the molecule is CC(C)C(C)(CC=O)CC(C)(C)C.OCc1ccccc1. The van der Waals surface area contributed by atoms with Crippen LogP contribution >= 0.6 is 0 Å². The maximum atomic E-state index is 10.6. The Labute approximate surface area is 130 Å². The van der Waals surface area contributed by atoms with Crippen LogP contribution in [-0.2, 0) is 11.4 Å². The predicted molar refractivity (Wildman–Crippen MR) is 90.1 cm³/mol. The van der Waals surface area contributed by atoms with Crippen LogP contribution in [0.4, 0.5) is 0 Å². The van der Waals surface area contributed by atoms with Crippen molar-refractivity contribution in [2.75, 3.05) is 0 Å². The molecule has 120 valence electrons. The average Bonchev–Trinajstić information content (AvgIpc) is 2.38. The number of carbonyl (C=O) groups excluding carboxylic acids is 1. The van der Waals surface area contributed by atoms with E-state index in [-0.39, 0.29) is 12.0 Å². The maximum Gasteiger partial charge on any atom is 0.120 e. The topological polar surface area (TPSA) is 37.3 Å². The number of aliphatic hydroxyl groups is 1. The van der Waals surface area contributed by atoms with Gasteiger partial charge in [-0.05, 0) is 28.7 Å². The van der Waals surface area contributed by atoms with Crippen LogP contribution in [0.3, 0.4) is 0 Å². The highest BCUT2D eigenvalue weighted by molar-refractivity contribution is 5.50. The molecule has 1 aromatic rings. The Morgan fingerprint density at radius 1 is 1.10 bits per heavy atom. The number of aldehydes is 1. The van der Waals surface area contributed by atoms with Crippen LogP contribution in [0.25, 0.3) is 0 Å². The van der Waals surface area contributed by atoms with Crippen LogP contribution in [0.15, 0.2) is 30.3 Å². The molecule has 2 nitrogen and oxygen atoms in total. The fraction of sp³-hybridized carbons (Fsp3) is 0.632. The van der Waals surface area contributed by atoms with Crippen LogP contribution in [0.5, 0.6) is 0 Å². The first-order chi connectivity index (χ1) is 9.64. The van der Waals surface area contributed by atoms with E-state index in [2.05, 4.69) is 41.5 Å². The van der Waals surface area contributed by atoms with Crippen molar-refractivity contribution in [1.29, 1.82) is 0 Å². The fourth-order valence-corrected chi connectivity index (χ4v) is 2.50. The molecule has 1 aromatic carbocycles. The Morgan fingerprint density at radius 2 is 1.62 bits per heavy atom. The lowest BCUT2D eigenvalue weighted by molar-refractivity contribution is -0.110. The summed E-state index contributed by atoms with van der Waals surface area (Å²) in [4.78, 5) is 10.6. The van der Waals surface area contributed by atoms with Gasteiger partial charge < -0.3 is 9.90 Å². The molecule has 1 rings (SSSR count). The third-order valence-electron chi connectivity index (χ3n) is 3.90. The molecule has 0 aliphatic rings. The van der Waals surface area contributed by atoms with Gasteiger partial charge in [-0.25, -0.2) is 0 Å². The van der Waals surface area contributed by atoms with Crippen molar-refractivity contribution in [2.45, 2.75) is 61.0 Å². The Hall–Kier alpha value is -1.15. The van der Waals surface area contributed by atoms with Gasteiger partial charge in [0.25, 0.3) is 0 Å². The van der Waals surface area contributed by atoms with E-state index in [1.165, 1.54) is 0 Å². The molecule has 1 atom stereocenters. The minimum atomic E-state index is 0.140. The summed E-state index contributed by atoms with van der Waals surface area (Å²) in [5.74, 6) is 0.567. The lowest BCUT2D eigenvalue weighted by Crippen LogP contribution is -2.29. The zero-order valence-electron chi connectivity index (χ0n) is 14.5. The van der Waals surface area contributed by atoms with Crippen LogP contribution in [0.1, 0.15) is 59.9 Å². The molecule has 0 saturated heterocycles. The summed E-state index contributed by atoms with van der Waals surface area (Å²) >= 11 is 0. The largest absolute Gasteiger partial charge is 0.392 e. The van der Waals surface area contributed by atoms with Gasteiger partial charge in [-0.15, -0.1) is 0 Å². The van der Waals surface area contributed by atoms with Gasteiger partial charge in [-0.2, -0.15) is 0 Å². The summed E-state index contributed by atoms with van der Waals surface area (Å²) in [6.45, 7) is 13.5. The van der Waals surface area contributed by atoms with Gasteiger partial charge in [-0.3, -0.25) is 0 Å². The van der Waals surface area contributed by atoms with Crippen LogP contribution < -0.4 is 0 Å². The Kier molecular flexibility index (Phi) is 8.50. The number of aliphatic hydroxyl groups excluding tert-OH is 1. The monoisotopic (exact) mass is 292 g/mol. The van der Waals surface area contributed by atoms with Crippen molar-refractivity contribution in [3.8, 4) is 0 Å². The highest BCUT2D eigenvalue weighted by Crippen LogP contribution is 2.41. The predicted octanol–water partition coefficient (Wildman–Crippen LogP) is 4.85. The second-order valence-corrected chi connectivity index (χ2v) is 7.56. The molecule has 1 unspecified atom stereocenters. The van der Waals surface area contributed by atoms with E-state index in [9.17, 15) is 4.79 Å². The smallest absolute Gasteiger partial charge is 0.120 e. The summed E-state index contributed by atoms with van der Waals surface area (Å²) in [5.41, 5.74) is 1.44. The molecule has 0 saturated carbocycles. The zero-order valence-corrected chi connectivity index (χ0v) is 14.5. The van der Waals surface area contributed by atoms with E-state index in [1.807, 2.05) is 30.3 Å². The maximum absolute atomic E-state index is 10.6. The molecule has 2 heteroatoms. The molecule has 0 bridgehead atoms. The summed E-state index contributed by atoms with van der Waals surface area (Å²) in [6.07, 6.45) is 2.85. The third kappa shape index (κ3) is 8.67. The average molecular weight is 292 g/mol. The molecular weight excluding hydrogens is 260 g/mol. The molecule has 21 heavy (non-hydrogen) atoms. The minimum Gasteiger partial charge on any atom is -0.392 e. The number of hydrogen-bond donors (Lipinski definition) is 1. The lowest BCUT2D eigenvalue weighted by Gasteiger charge is -2.37. The van der Waals surface area contributed by atoms with Gasteiger partial charge in [-0.1, -0.05) is 71.9 Å².